The number of nitrogens with one attached hydrogen (secondary N) is 1. The molecule has 5 nitrogen and oxygen atoms in total. The first-order valence-electron chi connectivity index (χ1n) is 7.48. The molecule has 0 aliphatic heterocycles. The van der Waals surface area contributed by atoms with E-state index in [1.54, 1.807) is 17.5 Å². The predicted octanol–water partition coefficient (Wildman–Crippen LogP) is 3.63. The van der Waals surface area contributed by atoms with Crippen LogP contribution in [0.1, 0.15) is 12.8 Å². The van der Waals surface area contributed by atoms with Gasteiger partial charge in [-0.2, -0.15) is 0 Å². The lowest BCUT2D eigenvalue weighted by Gasteiger charge is -2.32. The first kappa shape index (κ1) is 14.1. The fourth-order valence-corrected chi connectivity index (χ4v) is 3.71. The normalized spacial score (nSPS) is 20.2. The van der Waals surface area contributed by atoms with Crippen molar-refractivity contribution in [1.29, 1.82) is 0 Å². The predicted molar refractivity (Wildman–Crippen MR) is 90.6 cm³/mol. The molecule has 23 heavy (non-hydrogen) atoms. The van der Waals surface area contributed by atoms with Gasteiger partial charge in [0.2, 0.25) is 0 Å². The van der Waals surface area contributed by atoms with Crippen molar-refractivity contribution < 1.29 is 9.90 Å². The minimum absolute atomic E-state index is 0.207. The molecule has 2 aromatic heterocycles. The summed E-state index contributed by atoms with van der Waals surface area (Å²) in [5, 5.41) is 15.4. The number of aliphatic carboxylic acids is 1. The van der Waals surface area contributed by atoms with Crippen LogP contribution in [0.3, 0.4) is 0 Å². The summed E-state index contributed by atoms with van der Waals surface area (Å²) < 4.78 is 0. The zero-order valence-corrected chi connectivity index (χ0v) is 13.1. The first-order chi connectivity index (χ1) is 11.2. The van der Waals surface area contributed by atoms with E-state index >= 15 is 0 Å². The quantitative estimate of drug-likeness (QED) is 0.766. The Balaban J connectivity index is 1.50. The number of rotatable bonds is 4. The van der Waals surface area contributed by atoms with Gasteiger partial charge in [0.05, 0.1) is 10.8 Å². The van der Waals surface area contributed by atoms with Gasteiger partial charge in [0.15, 0.2) is 5.13 Å². The van der Waals surface area contributed by atoms with Crippen molar-refractivity contribution in [3.8, 4) is 10.4 Å². The molecule has 3 aromatic rings. The third kappa shape index (κ3) is 2.77. The molecule has 1 aliphatic rings. The van der Waals surface area contributed by atoms with E-state index in [-0.39, 0.29) is 12.0 Å². The van der Waals surface area contributed by atoms with E-state index in [2.05, 4.69) is 33.5 Å². The molecule has 0 saturated heterocycles. The summed E-state index contributed by atoms with van der Waals surface area (Å²) in [4.78, 5) is 20.5. The van der Waals surface area contributed by atoms with Gasteiger partial charge in [-0.1, -0.05) is 23.5 Å². The number of carboxylic acid groups (broad SMARTS) is 1. The van der Waals surface area contributed by atoms with Crippen molar-refractivity contribution in [3.05, 3.63) is 42.9 Å². The second-order valence-electron chi connectivity index (χ2n) is 5.82. The molecule has 0 spiro atoms. The van der Waals surface area contributed by atoms with Crippen LogP contribution in [-0.2, 0) is 4.79 Å². The SMILES string of the molecule is O=C(O)[C@H]1C[C@H](Nc2ncc(-c3ccc4cnccc4c3)s2)C1. The third-order valence-corrected chi connectivity index (χ3v) is 5.22. The van der Waals surface area contributed by atoms with Crippen LogP contribution in [0.5, 0.6) is 0 Å². The number of nitrogens with zero attached hydrogens (tertiary/aromatic N) is 2. The molecule has 4 rings (SSSR count). The van der Waals surface area contributed by atoms with Crippen LogP contribution in [0, 0.1) is 5.92 Å². The van der Waals surface area contributed by atoms with Gasteiger partial charge < -0.3 is 10.4 Å². The number of thiazole rings is 1. The Morgan fingerprint density at radius 1 is 1.22 bits per heavy atom. The molecule has 116 valence electrons. The van der Waals surface area contributed by atoms with Crippen LogP contribution in [0.2, 0.25) is 0 Å². The maximum atomic E-state index is 10.8. The summed E-state index contributed by atoms with van der Waals surface area (Å²) in [6.07, 6.45) is 6.86. The van der Waals surface area contributed by atoms with Crippen molar-refractivity contribution >= 4 is 33.2 Å². The summed E-state index contributed by atoms with van der Waals surface area (Å²) >= 11 is 1.60. The van der Waals surface area contributed by atoms with Gasteiger partial charge in [0.25, 0.3) is 0 Å². The molecule has 2 N–H and O–H groups in total. The molecule has 1 fully saturated rings. The minimum atomic E-state index is -0.700. The van der Waals surface area contributed by atoms with E-state index in [1.807, 2.05) is 18.5 Å². The molecule has 0 atom stereocenters. The van der Waals surface area contributed by atoms with Crippen molar-refractivity contribution in [2.75, 3.05) is 5.32 Å². The highest BCUT2D eigenvalue weighted by atomic mass is 32.1. The molecule has 0 bridgehead atoms. The molecule has 0 unspecified atom stereocenters. The lowest BCUT2D eigenvalue weighted by atomic mass is 9.80. The number of benzene rings is 1. The van der Waals surface area contributed by atoms with Gasteiger partial charge in [-0.25, -0.2) is 4.98 Å². The Morgan fingerprint density at radius 2 is 2.09 bits per heavy atom. The second kappa shape index (κ2) is 5.62. The van der Waals surface area contributed by atoms with Crippen LogP contribution in [0.15, 0.2) is 42.9 Å². The van der Waals surface area contributed by atoms with Crippen molar-refractivity contribution in [1.82, 2.24) is 9.97 Å². The van der Waals surface area contributed by atoms with Crippen LogP contribution >= 0.6 is 11.3 Å². The van der Waals surface area contributed by atoms with E-state index in [4.69, 9.17) is 5.11 Å². The van der Waals surface area contributed by atoms with E-state index in [0.29, 0.717) is 12.8 Å². The molecule has 1 saturated carbocycles. The first-order valence-corrected chi connectivity index (χ1v) is 8.30. The number of pyridine rings is 1. The zero-order valence-electron chi connectivity index (χ0n) is 12.3. The number of hydrogen-bond acceptors (Lipinski definition) is 5. The Hall–Kier alpha value is -2.47. The summed E-state index contributed by atoms with van der Waals surface area (Å²) in [5.74, 6) is -0.908. The molecule has 6 heteroatoms. The molecule has 1 aliphatic carbocycles. The molecule has 0 radical (unpaired) electrons. The fourth-order valence-electron chi connectivity index (χ4n) is 2.82. The lowest BCUT2D eigenvalue weighted by Crippen LogP contribution is -2.39. The van der Waals surface area contributed by atoms with Crippen molar-refractivity contribution in [3.63, 3.8) is 0 Å². The summed E-state index contributed by atoms with van der Waals surface area (Å²) in [7, 11) is 0. The van der Waals surface area contributed by atoms with Crippen LogP contribution < -0.4 is 5.32 Å². The monoisotopic (exact) mass is 325 g/mol. The van der Waals surface area contributed by atoms with Gasteiger partial charge >= 0.3 is 5.97 Å². The molecule has 2 heterocycles. The van der Waals surface area contributed by atoms with E-state index in [1.165, 1.54) is 0 Å². The smallest absolute Gasteiger partial charge is 0.306 e. The molecular weight excluding hydrogens is 310 g/mol. The topological polar surface area (TPSA) is 75.1 Å². The largest absolute Gasteiger partial charge is 0.481 e. The summed E-state index contributed by atoms with van der Waals surface area (Å²) in [5.41, 5.74) is 1.13. The van der Waals surface area contributed by atoms with Gasteiger partial charge in [0.1, 0.15) is 0 Å². The fraction of sp³-hybridized carbons (Fsp3) is 0.235. The van der Waals surface area contributed by atoms with Gasteiger partial charge in [-0.3, -0.25) is 9.78 Å². The number of anilines is 1. The lowest BCUT2D eigenvalue weighted by molar-refractivity contribution is -0.144. The highest BCUT2D eigenvalue weighted by Gasteiger charge is 2.34. The average molecular weight is 325 g/mol. The maximum absolute atomic E-state index is 10.8. The van der Waals surface area contributed by atoms with Gasteiger partial charge in [-0.15, -0.1) is 0 Å². The number of hydrogen-bond donors (Lipinski definition) is 2. The number of aromatic nitrogens is 2. The Bertz CT molecular complexity index is 871. The third-order valence-electron chi connectivity index (χ3n) is 4.25. The second-order valence-corrected chi connectivity index (χ2v) is 6.85. The standard InChI is InChI=1S/C17H15N3O2S/c21-16(22)13-6-14(7-13)20-17-19-9-15(23-17)11-1-2-12-8-18-4-3-10(12)5-11/h1-5,8-9,13-14H,6-7H2,(H,19,20)(H,21,22)/t13-,14-. The minimum Gasteiger partial charge on any atom is -0.481 e. The number of carboxylic acids is 1. The number of carbonyl (C=O) groups is 1. The van der Waals surface area contributed by atoms with Crippen LogP contribution in [0.25, 0.3) is 21.2 Å². The van der Waals surface area contributed by atoms with Crippen molar-refractivity contribution in [2.24, 2.45) is 5.92 Å². The van der Waals surface area contributed by atoms with Gasteiger partial charge in [0, 0.05) is 30.0 Å². The summed E-state index contributed by atoms with van der Waals surface area (Å²) in [6, 6.07) is 8.49. The van der Waals surface area contributed by atoms with E-state index in [0.717, 1.165) is 26.3 Å². The van der Waals surface area contributed by atoms with Crippen LogP contribution in [0.4, 0.5) is 5.13 Å². The molecule has 1 aromatic carbocycles. The molecular formula is C17H15N3O2S. The van der Waals surface area contributed by atoms with Crippen molar-refractivity contribution in [2.45, 2.75) is 18.9 Å². The maximum Gasteiger partial charge on any atom is 0.306 e. The van der Waals surface area contributed by atoms with E-state index in [9.17, 15) is 4.79 Å². The highest BCUT2D eigenvalue weighted by molar-refractivity contribution is 7.18. The Kier molecular flexibility index (Phi) is 3.46. The highest BCUT2D eigenvalue weighted by Crippen LogP contribution is 2.34. The Labute approximate surface area is 137 Å². The zero-order chi connectivity index (χ0) is 15.8. The number of fused-ring (bicyclic) bond motifs is 1. The summed E-state index contributed by atoms with van der Waals surface area (Å²) in [6.45, 7) is 0. The van der Waals surface area contributed by atoms with Gasteiger partial charge in [-0.05, 0) is 35.9 Å². The Morgan fingerprint density at radius 3 is 2.91 bits per heavy atom. The average Bonchev–Trinajstić information content (AvgIpc) is 2.98. The molecule has 0 amide bonds. The van der Waals surface area contributed by atoms with Crippen LogP contribution in [-0.4, -0.2) is 27.1 Å². The van der Waals surface area contributed by atoms with E-state index < -0.39 is 5.97 Å².